The van der Waals surface area contributed by atoms with Crippen LogP contribution in [0.5, 0.6) is 0 Å². The molecule has 0 aromatic carbocycles. The Kier molecular flexibility index (Phi) is 4.54. The Hall–Kier alpha value is -0.990. The molecule has 1 aromatic heterocycles. The highest BCUT2D eigenvalue weighted by molar-refractivity contribution is 7.88. The third-order valence-electron chi connectivity index (χ3n) is 3.31. The Morgan fingerprint density at radius 2 is 2.32 bits per heavy atom. The van der Waals surface area contributed by atoms with Gasteiger partial charge in [-0.05, 0) is 25.3 Å². The van der Waals surface area contributed by atoms with Crippen LogP contribution in [0, 0.1) is 5.92 Å². The number of aryl methyl sites for hydroxylation is 1. The van der Waals surface area contributed by atoms with Crippen LogP contribution in [0.1, 0.15) is 18.7 Å². The van der Waals surface area contributed by atoms with Gasteiger partial charge in [-0.15, -0.1) is 0 Å². The predicted octanol–water partition coefficient (Wildman–Crippen LogP) is -0.424. The average molecular weight is 287 g/mol. The first-order chi connectivity index (χ1) is 8.95. The van der Waals surface area contributed by atoms with Gasteiger partial charge in [-0.3, -0.25) is 4.68 Å². The molecule has 1 unspecified atom stereocenters. The van der Waals surface area contributed by atoms with E-state index in [1.807, 2.05) is 7.05 Å². The molecule has 0 spiro atoms. The maximum atomic E-state index is 11.5. The number of sulfonamides is 1. The zero-order valence-electron chi connectivity index (χ0n) is 11.4. The minimum atomic E-state index is -3.06. The van der Waals surface area contributed by atoms with Crippen molar-refractivity contribution in [2.24, 2.45) is 13.0 Å². The molecule has 0 amide bonds. The fraction of sp³-hybridized carbons (Fsp3) is 0.818. The van der Waals surface area contributed by atoms with Crippen LogP contribution in [0.15, 0.2) is 6.33 Å². The molecule has 0 saturated carbocycles. The van der Waals surface area contributed by atoms with E-state index in [-0.39, 0.29) is 0 Å². The Morgan fingerprint density at radius 1 is 1.53 bits per heavy atom. The van der Waals surface area contributed by atoms with Gasteiger partial charge in [0.25, 0.3) is 0 Å². The summed E-state index contributed by atoms with van der Waals surface area (Å²) >= 11 is 0. The number of hydrogen-bond donors (Lipinski definition) is 1. The van der Waals surface area contributed by atoms with E-state index in [9.17, 15) is 8.42 Å². The quantitative estimate of drug-likeness (QED) is 0.795. The van der Waals surface area contributed by atoms with Crippen LogP contribution >= 0.6 is 0 Å². The summed E-state index contributed by atoms with van der Waals surface area (Å²) in [5.41, 5.74) is 0. The summed E-state index contributed by atoms with van der Waals surface area (Å²) in [5.74, 6) is 1.13. The van der Waals surface area contributed by atoms with Crippen LogP contribution in [0.4, 0.5) is 0 Å². The predicted molar refractivity (Wildman–Crippen MR) is 71.9 cm³/mol. The monoisotopic (exact) mass is 287 g/mol. The topological polar surface area (TPSA) is 80.1 Å². The lowest BCUT2D eigenvalue weighted by Gasteiger charge is -2.30. The van der Waals surface area contributed by atoms with Gasteiger partial charge < -0.3 is 5.32 Å². The Bertz CT molecular complexity index is 513. The standard InChI is InChI=1S/C11H21N5O2S/c1-15-9-13-11(14-15)7-12-6-10-4-3-5-16(8-10)19(2,17)18/h9-10,12H,3-8H2,1-2H3. The molecule has 7 nitrogen and oxygen atoms in total. The van der Waals surface area contributed by atoms with Gasteiger partial charge in [0.2, 0.25) is 10.0 Å². The van der Waals surface area contributed by atoms with E-state index in [1.54, 1.807) is 15.3 Å². The maximum Gasteiger partial charge on any atom is 0.211 e. The van der Waals surface area contributed by atoms with Gasteiger partial charge in [-0.1, -0.05) is 0 Å². The highest BCUT2D eigenvalue weighted by Gasteiger charge is 2.25. The lowest BCUT2D eigenvalue weighted by Crippen LogP contribution is -2.42. The SMILES string of the molecule is Cn1cnc(CNCC2CCCN(S(C)(=O)=O)C2)n1. The Morgan fingerprint density at radius 3 is 2.95 bits per heavy atom. The normalized spacial score (nSPS) is 21.7. The number of rotatable bonds is 5. The van der Waals surface area contributed by atoms with E-state index >= 15 is 0 Å². The van der Waals surface area contributed by atoms with Gasteiger partial charge in [0.1, 0.15) is 6.33 Å². The van der Waals surface area contributed by atoms with E-state index in [0.29, 0.717) is 25.6 Å². The van der Waals surface area contributed by atoms with E-state index in [1.165, 1.54) is 6.26 Å². The fourth-order valence-corrected chi connectivity index (χ4v) is 3.29. The molecule has 1 aliphatic heterocycles. The second-order valence-corrected chi connectivity index (χ2v) is 7.08. The van der Waals surface area contributed by atoms with Crippen molar-refractivity contribution >= 4 is 10.0 Å². The lowest BCUT2D eigenvalue weighted by atomic mass is 10.00. The zero-order chi connectivity index (χ0) is 13.9. The highest BCUT2D eigenvalue weighted by atomic mass is 32.2. The highest BCUT2D eigenvalue weighted by Crippen LogP contribution is 2.17. The van der Waals surface area contributed by atoms with Crippen molar-refractivity contribution in [3.63, 3.8) is 0 Å². The van der Waals surface area contributed by atoms with Gasteiger partial charge >= 0.3 is 0 Å². The Balaban J connectivity index is 1.77. The molecule has 1 aliphatic rings. The molecule has 0 bridgehead atoms. The molecule has 8 heteroatoms. The third-order valence-corrected chi connectivity index (χ3v) is 4.58. The van der Waals surface area contributed by atoms with Crippen LogP contribution in [0.2, 0.25) is 0 Å². The van der Waals surface area contributed by atoms with E-state index in [2.05, 4.69) is 15.4 Å². The zero-order valence-corrected chi connectivity index (χ0v) is 12.2. The smallest absolute Gasteiger partial charge is 0.211 e. The first-order valence-electron chi connectivity index (χ1n) is 6.45. The van der Waals surface area contributed by atoms with Gasteiger partial charge in [0.15, 0.2) is 5.82 Å². The minimum absolute atomic E-state index is 0.368. The van der Waals surface area contributed by atoms with Crippen molar-refractivity contribution in [2.45, 2.75) is 19.4 Å². The third kappa shape index (κ3) is 4.26. The second kappa shape index (κ2) is 5.98. The Labute approximate surface area is 114 Å². The molecule has 1 atom stereocenters. The van der Waals surface area contributed by atoms with Crippen molar-refractivity contribution < 1.29 is 8.42 Å². The van der Waals surface area contributed by atoms with Crippen molar-refractivity contribution in [1.82, 2.24) is 24.4 Å². The van der Waals surface area contributed by atoms with Crippen molar-refractivity contribution in [1.29, 1.82) is 0 Å². The molecule has 108 valence electrons. The molecule has 19 heavy (non-hydrogen) atoms. The number of nitrogens with one attached hydrogen (secondary N) is 1. The van der Waals surface area contributed by atoms with Crippen LogP contribution in [-0.2, 0) is 23.6 Å². The summed E-state index contributed by atoms with van der Waals surface area (Å²) in [5, 5.41) is 7.48. The summed E-state index contributed by atoms with van der Waals surface area (Å²) in [6.45, 7) is 2.68. The van der Waals surface area contributed by atoms with Crippen molar-refractivity contribution in [3.05, 3.63) is 12.2 Å². The first kappa shape index (κ1) is 14.4. The summed E-state index contributed by atoms with van der Waals surface area (Å²) in [6, 6.07) is 0. The van der Waals surface area contributed by atoms with Crippen molar-refractivity contribution in [3.8, 4) is 0 Å². The van der Waals surface area contributed by atoms with Crippen LogP contribution in [0.3, 0.4) is 0 Å². The van der Waals surface area contributed by atoms with E-state index in [0.717, 1.165) is 25.2 Å². The molecular formula is C11H21N5O2S. The molecule has 1 aromatic rings. The number of hydrogen-bond acceptors (Lipinski definition) is 5. The fourth-order valence-electron chi connectivity index (χ4n) is 2.35. The molecule has 0 aliphatic carbocycles. The average Bonchev–Trinajstić information content (AvgIpc) is 2.74. The van der Waals surface area contributed by atoms with Crippen molar-refractivity contribution in [2.75, 3.05) is 25.9 Å². The molecule has 1 fully saturated rings. The van der Waals surface area contributed by atoms with Gasteiger partial charge in [0, 0.05) is 20.1 Å². The largest absolute Gasteiger partial charge is 0.309 e. The number of aromatic nitrogens is 3. The number of nitrogens with zero attached hydrogens (tertiary/aromatic N) is 4. The van der Waals surface area contributed by atoms with Gasteiger partial charge in [-0.2, -0.15) is 5.10 Å². The first-order valence-corrected chi connectivity index (χ1v) is 8.30. The van der Waals surface area contributed by atoms with E-state index < -0.39 is 10.0 Å². The van der Waals surface area contributed by atoms with Gasteiger partial charge in [-0.25, -0.2) is 17.7 Å². The van der Waals surface area contributed by atoms with E-state index in [4.69, 9.17) is 0 Å². The molecule has 2 heterocycles. The molecule has 1 N–H and O–H groups in total. The van der Waals surface area contributed by atoms with Crippen LogP contribution < -0.4 is 5.32 Å². The van der Waals surface area contributed by atoms with Crippen LogP contribution in [-0.4, -0.2) is 53.4 Å². The summed E-state index contributed by atoms with van der Waals surface area (Å²) in [6.07, 6.45) is 4.94. The maximum absolute atomic E-state index is 11.5. The van der Waals surface area contributed by atoms with Gasteiger partial charge in [0.05, 0.1) is 12.8 Å². The second-order valence-electron chi connectivity index (χ2n) is 5.09. The lowest BCUT2D eigenvalue weighted by molar-refractivity contribution is 0.260. The minimum Gasteiger partial charge on any atom is -0.309 e. The van der Waals surface area contributed by atoms with Crippen LogP contribution in [0.25, 0.3) is 0 Å². The summed E-state index contributed by atoms with van der Waals surface area (Å²) < 4.78 is 26.3. The molecule has 2 rings (SSSR count). The molecular weight excluding hydrogens is 266 g/mol. The molecule has 1 saturated heterocycles. The molecule has 0 radical (unpaired) electrons. The summed E-state index contributed by atoms with van der Waals surface area (Å²) in [4.78, 5) is 4.14. The summed E-state index contributed by atoms with van der Waals surface area (Å²) in [7, 11) is -1.22. The number of piperidine rings is 1.